The van der Waals surface area contributed by atoms with Crippen LogP contribution in [-0.2, 0) is 28.9 Å². The Balaban J connectivity index is 1.31. The summed E-state index contributed by atoms with van der Waals surface area (Å²) in [7, 11) is 4.39. The monoisotopic (exact) mass is 690 g/mol. The van der Waals surface area contributed by atoms with E-state index in [1.165, 1.54) is 50.2 Å². The van der Waals surface area contributed by atoms with Crippen LogP contribution in [-0.4, -0.2) is 51.0 Å². The highest BCUT2D eigenvalue weighted by molar-refractivity contribution is 6.43. The minimum absolute atomic E-state index is 0.00434. The molecule has 0 aromatic heterocycles. The highest BCUT2D eigenvalue weighted by atomic mass is 16.5. The van der Waals surface area contributed by atoms with Crippen molar-refractivity contribution in [1.29, 1.82) is 0 Å². The molecule has 1 aliphatic carbocycles. The Morgan fingerprint density at radius 3 is 1.69 bits per heavy atom. The topological polar surface area (TPSA) is 103 Å². The molecule has 4 aromatic rings. The van der Waals surface area contributed by atoms with Crippen LogP contribution in [0.25, 0.3) is 0 Å². The number of hydrogen-bond acceptors (Lipinski definition) is 6. The number of Topliss-reactive ketones (excluding diaryl/α,β-unsaturated/α-hetero) is 1. The first kappa shape index (κ1) is 37.2. The van der Waals surface area contributed by atoms with Crippen LogP contribution in [0.15, 0.2) is 103 Å². The molecule has 1 saturated carbocycles. The van der Waals surface area contributed by atoms with Crippen molar-refractivity contribution in [2.24, 2.45) is 11.8 Å². The molecule has 8 heteroatoms. The molecule has 4 aromatic carbocycles. The van der Waals surface area contributed by atoms with Crippen LogP contribution in [0.1, 0.15) is 65.6 Å². The lowest BCUT2D eigenvalue weighted by Crippen LogP contribution is -2.48. The third kappa shape index (κ3) is 10.5. The van der Waals surface area contributed by atoms with Crippen molar-refractivity contribution >= 4 is 17.6 Å². The Kier molecular flexibility index (Phi) is 13.7. The summed E-state index contributed by atoms with van der Waals surface area (Å²) in [6.07, 6.45) is 7.48. The summed E-state index contributed by atoms with van der Waals surface area (Å²) in [5.74, 6) is -0.995. The van der Waals surface area contributed by atoms with Crippen LogP contribution in [0, 0.1) is 11.8 Å². The quantitative estimate of drug-likeness (QED) is 0.0848. The number of ketones is 1. The van der Waals surface area contributed by atoms with Gasteiger partial charge in [-0.05, 0) is 92.5 Å². The molecule has 5 rings (SSSR count). The van der Waals surface area contributed by atoms with E-state index in [1.54, 1.807) is 0 Å². The molecule has 3 atom stereocenters. The zero-order valence-electron chi connectivity index (χ0n) is 29.9. The van der Waals surface area contributed by atoms with E-state index in [0.29, 0.717) is 18.6 Å². The molecule has 2 N–H and O–H groups in total. The number of nitrogens with one attached hydrogen (secondary N) is 2. The number of methoxy groups -OCH3 is 3. The van der Waals surface area contributed by atoms with Gasteiger partial charge in [-0.2, -0.15) is 0 Å². The van der Waals surface area contributed by atoms with Crippen molar-refractivity contribution in [3.05, 3.63) is 125 Å². The molecule has 0 saturated heterocycles. The molecule has 2 amide bonds. The maximum atomic E-state index is 14.2. The Morgan fingerprint density at radius 1 is 0.686 bits per heavy atom. The number of ether oxygens (including phenoxy) is 3. The van der Waals surface area contributed by atoms with Crippen LogP contribution < -0.4 is 24.8 Å². The van der Waals surface area contributed by atoms with Crippen molar-refractivity contribution in [3.8, 4) is 17.2 Å². The Morgan fingerprint density at radius 2 is 1.20 bits per heavy atom. The molecule has 0 heterocycles. The van der Waals surface area contributed by atoms with Gasteiger partial charge in [0.05, 0.1) is 27.2 Å². The van der Waals surface area contributed by atoms with E-state index in [4.69, 9.17) is 14.2 Å². The summed E-state index contributed by atoms with van der Waals surface area (Å²) >= 11 is 0. The van der Waals surface area contributed by atoms with Crippen molar-refractivity contribution in [1.82, 2.24) is 10.6 Å². The van der Waals surface area contributed by atoms with Crippen LogP contribution in [0.4, 0.5) is 0 Å². The zero-order valence-corrected chi connectivity index (χ0v) is 29.9. The third-order valence-electron chi connectivity index (χ3n) is 9.88. The maximum Gasteiger partial charge on any atom is 0.292 e. The predicted octanol–water partition coefficient (Wildman–Crippen LogP) is 7.18. The highest BCUT2D eigenvalue weighted by Gasteiger charge is 2.41. The molecule has 0 spiro atoms. The Hall–Kier alpha value is -5.11. The van der Waals surface area contributed by atoms with Crippen molar-refractivity contribution in [2.75, 3.05) is 21.3 Å². The number of benzene rings is 4. The lowest BCUT2D eigenvalue weighted by atomic mass is 9.95. The van der Waals surface area contributed by atoms with Gasteiger partial charge in [-0.1, -0.05) is 91.0 Å². The summed E-state index contributed by atoms with van der Waals surface area (Å²) in [6, 6.07) is 33.5. The Bertz CT molecular complexity index is 1640. The number of carbonyl (C=O) groups is 3. The third-order valence-corrected chi connectivity index (χ3v) is 9.88. The largest absolute Gasteiger partial charge is 0.493 e. The number of carbonyl (C=O) groups excluding carboxylic acids is 3. The van der Waals surface area contributed by atoms with E-state index in [1.807, 2.05) is 30.3 Å². The van der Waals surface area contributed by atoms with Crippen molar-refractivity contribution in [3.63, 3.8) is 0 Å². The van der Waals surface area contributed by atoms with E-state index in [2.05, 4.69) is 71.3 Å². The van der Waals surface area contributed by atoms with Crippen LogP contribution in [0.2, 0.25) is 0 Å². The number of aryl methyl sites for hydroxylation is 2. The molecule has 0 unspecified atom stereocenters. The molecule has 8 nitrogen and oxygen atoms in total. The second kappa shape index (κ2) is 18.8. The second-order valence-corrected chi connectivity index (χ2v) is 13.4. The minimum Gasteiger partial charge on any atom is -0.493 e. The molecule has 51 heavy (non-hydrogen) atoms. The average molecular weight is 691 g/mol. The van der Waals surface area contributed by atoms with Crippen LogP contribution >= 0.6 is 0 Å². The van der Waals surface area contributed by atoms with Gasteiger partial charge in [-0.15, -0.1) is 0 Å². The lowest BCUT2D eigenvalue weighted by molar-refractivity contribution is -0.126. The van der Waals surface area contributed by atoms with Gasteiger partial charge in [-0.3, -0.25) is 14.4 Å². The zero-order chi connectivity index (χ0) is 36.0. The summed E-state index contributed by atoms with van der Waals surface area (Å²) < 4.78 is 16.2. The van der Waals surface area contributed by atoms with Gasteiger partial charge in [0.25, 0.3) is 5.91 Å². The normalized spacial score (nSPS) is 16.7. The highest BCUT2D eigenvalue weighted by Crippen LogP contribution is 2.39. The molecule has 0 bridgehead atoms. The fourth-order valence-corrected chi connectivity index (χ4v) is 7.27. The first-order valence-electron chi connectivity index (χ1n) is 18.0. The van der Waals surface area contributed by atoms with Gasteiger partial charge < -0.3 is 24.8 Å². The SMILES string of the molecule is COc1cc(C(=O)C(=O)N[C@@H]2C[C@H](Cc3ccccc3)C[C@H]2C(=O)NC(CCCc2ccccc2)CCCc2ccccc2)cc(OC)c1OC. The van der Waals surface area contributed by atoms with Gasteiger partial charge in [0, 0.05) is 17.6 Å². The van der Waals surface area contributed by atoms with Gasteiger partial charge >= 0.3 is 0 Å². The summed E-state index contributed by atoms with van der Waals surface area (Å²) in [4.78, 5) is 41.3. The molecular weight excluding hydrogens is 640 g/mol. The average Bonchev–Trinajstić information content (AvgIpc) is 3.56. The van der Waals surface area contributed by atoms with E-state index in [9.17, 15) is 14.4 Å². The number of rotatable bonds is 18. The fourth-order valence-electron chi connectivity index (χ4n) is 7.27. The smallest absolute Gasteiger partial charge is 0.292 e. The maximum absolute atomic E-state index is 14.2. The minimum atomic E-state index is -0.769. The van der Waals surface area contributed by atoms with Gasteiger partial charge in [0.15, 0.2) is 11.5 Å². The molecule has 268 valence electrons. The lowest BCUT2D eigenvalue weighted by Gasteiger charge is -2.25. The predicted molar refractivity (Wildman–Crippen MR) is 199 cm³/mol. The number of amides is 2. The summed E-state index contributed by atoms with van der Waals surface area (Å²) in [5, 5.41) is 6.37. The molecule has 0 radical (unpaired) electrons. The van der Waals surface area contributed by atoms with E-state index in [0.717, 1.165) is 44.9 Å². The first-order valence-corrected chi connectivity index (χ1v) is 18.0. The van der Waals surface area contributed by atoms with E-state index in [-0.39, 0.29) is 34.9 Å². The van der Waals surface area contributed by atoms with Crippen LogP contribution in [0.3, 0.4) is 0 Å². The molecule has 1 aliphatic rings. The molecular formula is C43H50N2O6. The van der Waals surface area contributed by atoms with Gasteiger partial charge in [-0.25, -0.2) is 0 Å². The summed E-state index contributed by atoms with van der Waals surface area (Å²) in [5.41, 5.74) is 3.86. The first-order chi connectivity index (χ1) is 24.9. The summed E-state index contributed by atoms with van der Waals surface area (Å²) in [6.45, 7) is 0. The fraction of sp³-hybridized carbons (Fsp3) is 0.372. The Labute approximate surface area is 301 Å². The van der Waals surface area contributed by atoms with E-state index < -0.39 is 23.7 Å². The van der Waals surface area contributed by atoms with E-state index >= 15 is 0 Å². The van der Waals surface area contributed by atoms with Crippen molar-refractivity contribution in [2.45, 2.75) is 69.9 Å². The standard InChI is InChI=1S/C43H50N2O6/c1-49-38-28-34(29-39(50-2)41(38)51-3)40(46)43(48)45-37-27-33(25-32-19-11-6-12-20-32)26-36(37)42(47)44-35(23-13-21-30-15-7-4-8-16-30)24-14-22-31-17-9-5-10-18-31/h4-12,15-20,28-29,33,35-37H,13-14,21-27H2,1-3H3,(H,44,47)(H,45,48)/t33-,36-,37-/m1/s1. The second-order valence-electron chi connectivity index (χ2n) is 13.4. The molecule has 0 aliphatic heterocycles. The van der Waals surface area contributed by atoms with Gasteiger partial charge in [0.1, 0.15) is 0 Å². The molecule has 1 fully saturated rings. The van der Waals surface area contributed by atoms with Gasteiger partial charge in [0.2, 0.25) is 17.4 Å². The number of hydrogen-bond donors (Lipinski definition) is 2. The van der Waals surface area contributed by atoms with Crippen LogP contribution in [0.5, 0.6) is 17.2 Å². The van der Waals surface area contributed by atoms with Crippen molar-refractivity contribution < 1.29 is 28.6 Å².